The van der Waals surface area contributed by atoms with Crippen LogP contribution in [0.15, 0.2) is 0 Å². The highest BCUT2D eigenvalue weighted by Crippen LogP contribution is 2.26. The minimum Gasteiger partial charge on any atom is -0.302 e. The van der Waals surface area contributed by atoms with E-state index < -0.39 is 0 Å². The second-order valence-electron chi connectivity index (χ2n) is 3.18. The maximum absolute atomic E-state index is 10.1. The summed E-state index contributed by atoms with van der Waals surface area (Å²) in [6.07, 6.45) is 5.09. The first kappa shape index (κ1) is 7.73. The largest absolute Gasteiger partial charge is 0.302 e. The molecule has 0 amide bonds. The summed E-state index contributed by atoms with van der Waals surface area (Å²) in [5, 5.41) is 0. The van der Waals surface area contributed by atoms with Crippen molar-refractivity contribution in [2.24, 2.45) is 5.92 Å². The minimum absolute atomic E-state index is 0.594. The van der Waals surface area contributed by atoms with Gasteiger partial charge in [0.1, 0.15) is 6.29 Å². The lowest BCUT2D eigenvalue weighted by atomic mass is 9.85. The molecule has 1 aliphatic rings. The van der Waals surface area contributed by atoms with Crippen molar-refractivity contribution in [1.82, 2.24) is 4.90 Å². The fourth-order valence-corrected chi connectivity index (χ4v) is 1.32. The van der Waals surface area contributed by atoms with Crippen molar-refractivity contribution in [1.29, 1.82) is 0 Å². The number of aldehydes is 1. The van der Waals surface area contributed by atoms with E-state index >= 15 is 0 Å². The van der Waals surface area contributed by atoms with E-state index in [9.17, 15) is 4.79 Å². The molecule has 0 aromatic rings. The normalized spacial score (nSPS) is 19.0. The monoisotopic (exact) mass is 141 g/mol. The Morgan fingerprint density at radius 3 is 2.70 bits per heavy atom. The molecule has 0 aliphatic heterocycles. The molecule has 0 saturated heterocycles. The Kier molecular flexibility index (Phi) is 2.87. The zero-order chi connectivity index (χ0) is 7.40. The summed E-state index contributed by atoms with van der Waals surface area (Å²) in [4.78, 5) is 12.2. The maximum Gasteiger partial charge on any atom is 0.133 e. The van der Waals surface area contributed by atoms with Gasteiger partial charge in [0.15, 0.2) is 0 Å². The van der Waals surface area contributed by atoms with Crippen molar-refractivity contribution in [3.8, 4) is 0 Å². The van der Waals surface area contributed by atoms with E-state index in [0.29, 0.717) is 6.54 Å². The predicted octanol–water partition coefficient (Wildman–Crippen LogP) is 0.917. The molecule has 0 spiro atoms. The molecular formula is C8H15NO. The zero-order valence-electron chi connectivity index (χ0n) is 6.55. The van der Waals surface area contributed by atoms with Crippen LogP contribution in [0.2, 0.25) is 0 Å². The van der Waals surface area contributed by atoms with Gasteiger partial charge in [-0.3, -0.25) is 4.90 Å². The maximum atomic E-state index is 10.1. The summed E-state index contributed by atoms with van der Waals surface area (Å²) >= 11 is 0. The van der Waals surface area contributed by atoms with Gasteiger partial charge in [-0.05, 0) is 25.8 Å². The number of carbonyl (C=O) groups excluding carboxylic acids is 1. The summed E-state index contributed by atoms with van der Waals surface area (Å²) in [6.45, 7) is 1.70. The first-order chi connectivity index (χ1) is 4.83. The van der Waals surface area contributed by atoms with E-state index in [2.05, 4.69) is 4.90 Å². The molecule has 1 saturated carbocycles. The van der Waals surface area contributed by atoms with E-state index in [1.807, 2.05) is 7.05 Å². The van der Waals surface area contributed by atoms with Crippen LogP contribution in [-0.2, 0) is 4.79 Å². The molecule has 1 fully saturated rings. The SMILES string of the molecule is CN(CC=O)CC1CCC1. The molecule has 58 valence electrons. The summed E-state index contributed by atoms with van der Waals surface area (Å²) in [5.41, 5.74) is 0. The highest BCUT2D eigenvalue weighted by atomic mass is 16.1. The third kappa shape index (κ3) is 2.10. The first-order valence-electron chi connectivity index (χ1n) is 3.95. The van der Waals surface area contributed by atoms with Gasteiger partial charge in [0.2, 0.25) is 0 Å². The minimum atomic E-state index is 0.594. The molecular weight excluding hydrogens is 126 g/mol. The molecule has 0 atom stereocenters. The third-order valence-electron chi connectivity index (χ3n) is 2.18. The van der Waals surface area contributed by atoms with Gasteiger partial charge in [-0.15, -0.1) is 0 Å². The molecule has 0 aromatic carbocycles. The van der Waals surface area contributed by atoms with E-state index in [0.717, 1.165) is 18.7 Å². The van der Waals surface area contributed by atoms with Crippen LogP contribution in [-0.4, -0.2) is 31.3 Å². The van der Waals surface area contributed by atoms with Crippen molar-refractivity contribution in [2.45, 2.75) is 19.3 Å². The Balaban J connectivity index is 2.04. The molecule has 0 aromatic heterocycles. The molecule has 1 rings (SSSR count). The Morgan fingerprint density at radius 1 is 1.60 bits per heavy atom. The van der Waals surface area contributed by atoms with Crippen molar-refractivity contribution in [3.05, 3.63) is 0 Å². The average molecular weight is 141 g/mol. The van der Waals surface area contributed by atoms with E-state index in [1.54, 1.807) is 0 Å². The van der Waals surface area contributed by atoms with Gasteiger partial charge in [0.05, 0.1) is 6.54 Å². The molecule has 1 aliphatic carbocycles. The highest BCUT2D eigenvalue weighted by Gasteiger charge is 2.18. The van der Waals surface area contributed by atoms with Gasteiger partial charge >= 0.3 is 0 Å². The molecule has 0 unspecified atom stereocenters. The van der Waals surface area contributed by atoms with Gasteiger partial charge < -0.3 is 4.79 Å². The molecule has 10 heavy (non-hydrogen) atoms. The van der Waals surface area contributed by atoms with Crippen LogP contribution in [0.4, 0.5) is 0 Å². The molecule has 2 heteroatoms. The van der Waals surface area contributed by atoms with Crippen LogP contribution in [0.5, 0.6) is 0 Å². The molecule has 0 heterocycles. The van der Waals surface area contributed by atoms with Crippen LogP contribution >= 0.6 is 0 Å². The summed E-state index contributed by atoms with van der Waals surface area (Å²) < 4.78 is 0. The quantitative estimate of drug-likeness (QED) is 0.542. The average Bonchev–Trinajstić information content (AvgIpc) is 1.80. The fourth-order valence-electron chi connectivity index (χ4n) is 1.32. The zero-order valence-corrected chi connectivity index (χ0v) is 6.55. The van der Waals surface area contributed by atoms with E-state index in [-0.39, 0.29) is 0 Å². The summed E-state index contributed by atoms with van der Waals surface area (Å²) in [6, 6.07) is 0. The Morgan fingerprint density at radius 2 is 2.30 bits per heavy atom. The number of likely N-dealkylation sites (N-methyl/N-ethyl adjacent to an activating group) is 1. The van der Waals surface area contributed by atoms with Crippen LogP contribution in [0.3, 0.4) is 0 Å². The smallest absolute Gasteiger partial charge is 0.133 e. The number of hydrogen-bond acceptors (Lipinski definition) is 2. The topological polar surface area (TPSA) is 20.3 Å². The molecule has 0 N–H and O–H groups in total. The fraction of sp³-hybridized carbons (Fsp3) is 0.875. The van der Waals surface area contributed by atoms with Gasteiger partial charge in [0, 0.05) is 6.54 Å². The predicted molar refractivity (Wildman–Crippen MR) is 40.9 cm³/mol. The Labute approximate surface area is 62.2 Å². The standard InChI is InChI=1S/C8H15NO/c1-9(5-6-10)7-8-3-2-4-8/h6,8H,2-5,7H2,1H3. The number of nitrogens with zero attached hydrogens (tertiary/aromatic N) is 1. The van der Waals surface area contributed by atoms with Crippen LogP contribution in [0.25, 0.3) is 0 Å². The van der Waals surface area contributed by atoms with Crippen molar-refractivity contribution in [3.63, 3.8) is 0 Å². The number of rotatable bonds is 4. The number of carbonyl (C=O) groups is 1. The Hall–Kier alpha value is -0.370. The van der Waals surface area contributed by atoms with E-state index in [1.165, 1.54) is 19.3 Å². The summed E-state index contributed by atoms with van der Waals surface area (Å²) in [7, 11) is 2.01. The van der Waals surface area contributed by atoms with Crippen molar-refractivity contribution < 1.29 is 4.79 Å². The molecule has 2 nitrogen and oxygen atoms in total. The Bertz CT molecular complexity index is 110. The van der Waals surface area contributed by atoms with Crippen molar-refractivity contribution in [2.75, 3.05) is 20.1 Å². The molecule has 0 bridgehead atoms. The van der Waals surface area contributed by atoms with Crippen LogP contribution < -0.4 is 0 Å². The lowest BCUT2D eigenvalue weighted by Gasteiger charge is -2.29. The molecule has 0 radical (unpaired) electrons. The summed E-state index contributed by atoms with van der Waals surface area (Å²) in [5.74, 6) is 0.880. The lowest BCUT2D eigenvalue weighted by Crippen LogP contribution is -2.30. The van der Waals surface area contributed by atoms with Gasteiger partial charge in [-0.25, -0.2) is 0 Å². The highest BCUT2D eigenvalue weighted by molar-refractivity contribution is 5.51. The van der Waals surface area contributed by atoms with Crippen LogP contribution in [0.1, 0.15) is 19.3 Å². The first-order valence-corrected chi connectivity index (χ1v) is 3.95. The van der Waals surface area contributed by atoms with Gasteiger partial charge in [0.25, 0.3) is 0 Å². The van der Waals surface area contributed by atoms with Crippen molar-refractivity contribution >= 4 is 6.29 Å². The second-order valence-corrected chi connectivity index (χ2v) is 3.18. The van der Waals surface area contributed by atoms with Gasteiger partial charge in [-0.2, -0.15) is 0 Å². The van der Waals surface area contributed by atoms with Gasteiger partial charge in [-0.1, -0.05) is 6.42 Å². The lowest BCUT2D eigenvalue weighted by molar-refractivity contribution is -0.108. The third-order valence-corrected chi connectivity index (χ3v) is 2.18. The van der Waals surface area contributed by atoms with Crippen LogP contribution in [0, 0.1) is 5.92 Å². The number of hydrogen-bond donors (Lipinski definition) is 0. The second kappa shape index (κ2) is 3.71. The van der Waals surface area contributed by atoms with E-state index in [4.69, 9.17) is 0 Å².